The summed E-state index contributed by atoms with van der Waals surface area (Å²) in [4.78, 5) is 23.6. The summed E-state index contributed by atoms with van der Waals surface area (Å²) in [6.45, 7) is 0. The number of anilines is 1. The molecule has 4 unspecified atom stereocenters. The molecule has 2 fully saturated rings. The molecular formula is C17H20N6O3S2. The molecule has 1 aliphatic heterocycles. The van der Waals surface area contributed by atoms with Crippen molar-refractivity contribution < 1.29 is 9.72 Å². The highest BCUT2D eigenvalue weighted by atomic mass is 32.2. The number of rotatable bonds is 6. The van der Waals surface area contributed by atoms with E-state index in [2.05, 4.69) is 26.4 Å². The van der Waals surface area contributed by atoms with Crippen LogP contribution >= 0.6 is 23.1 Å². The molecule has 9 nitrogen and oxygen atoms in total. The van der Waals surface area contributed by atoms with Crippen molar-refractivity contribution in [2.75, 3.05) is 5.32 Å². The Kier molecular flexibility index (Phi) is 5.85. The van der Waals surface area contributed by atoms with Gasteiger partial charge in [0.1, 0.15) is 6.04 Å². The number of aromatic nitrogens is 2. The minimum atomic E-state index is -0.583. The van der Waals surface area contributed by atoms with Crippen LogP contribution in [0.15, 0.2) is 34.7 Å². The average Bonchev–Trinajstić information content (AvgIpc) is 3.33. The third kappa shape index (κ3) is 4.32. The van der Waals surface area contributed by atoms with E-state index in [1.165, 1.54) is 16.9 Å². The Morgan fingerprint density at radius 2 is 2.11 bits per heavy atom. The number of hydrogen-bond acceptors (Lipinski definition) is 9. The van der Waals surface area contributed by atoms with Gasteiger partial charge in [0, 0.05) is 35.5 Å². The lowest BCUT2D eigenvalue weighted by molar-refractivity contribution is -0.528. The largest absolute Gasteiger partial charge is 0.299 e. The van der Waals surface area contributed by atoms with Crippen molar-refractivity contribution in [3.05, 3.63) is 46.0 Å². The molecule has 3 N–H and O–H groups in total. The number of hydrogen-bond donors (Lipinski definition) is 3. The third-order valence-electron chi connectivity index (χ3n) is 5.15. The van der Waals surface area contributed by atoms with Crippen molar-refractivity contribution in [2.45, 2.75) is 47.5 Å². The van der Waals surface area contributed by atoms with Gasteiger partial charge in [-0.1, -0.05) is 53.4 Å². The van der Waals surface area contributed by atoms with Crippen LogP contribution in [-0.2, 0) is 10.5 Å². The number of amides is 1. The van der Waals surface area contributed by atoms with Gasteiger partial charge >= 0.3 is 0 Å². The van der Waals surface area contributed by atoms with Gasteiger partial charge in [0.2, 0.25) is 17.1 Å². The second-order valence-electron chi connectivity index (χ2n) is 6.93. The van der Waals surface area contributed by atoms with E-state index in [1.54, 1.807) is 11.8 Å². The SMILES string of the molecule is O=C(Nc1nnc(SCc2ccccc2)s1)C1NNC2CCC([N+](=O)[O-])CC21. The summed E-state index contributed by atoms with van der Waals surface area (Å²) in [5.74, 6) is 0.438. The predicted octanol–water partition coefficient (Wildman–Crippen LogP) is 2.06. The van der Waals surface area contributed by atoms with Crippen molar-refractivity contribution >= 4 is 34.1 Å². The molecule has 11 heteroatoms. The lowest BCUT2D eigenvalue weighted by atomic mass is 9.79. The highest BCUT2D eigenvalue weighted by Gasteiger charge is 2.46. The summed E-state index contributed by atoms with van der Waals surface area (Å²) in [6.07, 6.45) is 1.62. The third-order valence-corrected chi connectivity index (χ3v) is 7.19. The zero-order chi connectivity index (χ0) is 19.5. The van der Waals surface area contributed by atoms with E-state index in [4.69, 9.17) is 0 Å². The summed E-state index contributed by atoms with van der Waals surface area (Å²) >= 11 is 2.89. The highest BCUT2D eigenvalue weighted by Crippen LogP contribution is 2.33. The highest BCUT2D eigenvalue weighted by molar-refractivity contribution is 8.00. The molecule has 1 aliphatic carbocycles. The van der Waals surface area contributed by atoms with Crippen LogP contribution in [0.3, 0.4) is 0 Å². The molecule has 4 atom stereocenters. The number of benzene rings is 1. The lowest BCUT2D eigenvalue weighted by Crippen LogP contribution is -2.44. The molecule has 1 aromatic heterocycles. The molecule has 2 heterocycles. The van der Waals surface area contributed by atoms with Crippen LogP contribution in [0.5, 0.6) is 0 Å². The Bertz CT molecular complexity index is 848. The van der Waals surface area contributed by atoms with E-state index >= 15 is 0 Å². The molecule has 0 bridgehead atoms. The van der Waals surface area contributed by atoms with Crippen LogP contribution in [0.25, 0.3) is 0 Å². The minimum absolute atomic E-state index is 0.0818. The molecular weight excluding hydrogens is 400 g/mol. The van der Waals surface area contributed by atoms with E-state index in [0.29, 0.717) is 24.4 Å². The summed E-state index contributed by atoms with van der Waals surface area (Å²) < 4.78 is 0.778. The first-order valence-corrected chi connectivity index (χ1v) is 10.9. The number of hydrazine groups is 1. The molecule has 28 heavy (non-hydrogen) atoms. The summed E-state index contributed by atoms with van der Waals surface area (Å²) in [6, 6.07) is 9.04. The maximum atomic E-state index is 12.7. The molecule has 4 rings (SSSR count). The van der Waals surface area contributed by atoms with Gasteiger partial charge in [0.25, 0.3) is 0 Å². The Morgan fingerprint density at radius 1 is 1.29 bits per heavy atom. The van der Waals surface area contributed by atoms with E-state index in [-0.39, 0.29) is 22.8 Å². The van der Waals surface area contributed by atoms with Crippen molar-refractivity contribution in [2.24, 2.45) is 5.92 Å². The van der Waals surface area contributed by atoms with Crippen molar-refractivity contribution in [1.82, 2.24) is 21.0 Å². The maximum absolute atomic E-state index is 12.7. The van der Waals surface area contributed by atoms with E-state index in [9.17, 15) is 14.9 Å². The quantitative estimate of drug-likeness (QED) is 0.281. The number of carbonyl (C=O) groups is 1. The fourth-order valence-corrected chi connectivity index (χ4v) is 5.42. The fraction of sp³-hybridized carbons (Fsp3) is 0.471. The first-order valence-electron chi connectivity index (χ1n) is 9.06. The molecule has 148 valence electrons. The van der Waals surface area contributed by atoms with E-state index in [1.807, 2.05) is 30.3 Å². The molecule has 1 amide bonds. The first-order chi connectivity index (χ1) is 13.6. The summed E-state index contributed by atoms with van der Waals surface area (Å²) in [5.41, 5.74) is 7.30. The van der Waals surface area contributed by atoms with Gasteiger partial charge in [-0.2, -0.15) is 0 Å². The standard InChI is InChI=1S/C17H20N6O3S2/c24-15(14-12-8-11(23(25)26)6-7-13(12)19-20-14)18-16-21-22-17(28-16)27-9-10-4-2-1-3-5-10/h1-5,11-14,19-20H,6-9H2,(H,18,21,24). The second kappa shape index (κ2) is 8.52. The molecule has 1 aromatic carbocycles. The van der Waals surface area contributed by atoms with Gasteiger partial charge in [-0.25, -0.2) is 5.43 Å². The van der Waals surface area contributed by atoms with Crippen LogP contribution in [0.1, 0.15) is 24.8 Å². The van der Waals surface area contributed by atoms with Gasteiger partial charge < -0.3 is 0 Å². The molecule has 1 saturated heterocycles. The summed E-state index contributed by atoms with van der Waals surface area (Å²) in [7, 11) is 0. The maximum Gasteiger partial charge on any atom is 0.245 e. The lowest BCUT2D eigenvalue weighted by Gasteiger charge is -2.28. The van der Waals surface area contributed by atoms with Gasteiger partial charge in [-0.3, -0.25) is 25.7 Å². The van der Waals surface area contributed by atoms with Gasteiger partial charge in [0.05, 0.1) is 0 Å². The van der Waals surface area contributed by atoms with Crippen molar-refractivity contribution in [3.8, 4) is 0 Å². The van der Waals surface area contributed by atoms with Gasteiger partial charge in [0.15, 0.2) is 4.34 Å². The predicted molar refractivity (Wildman–Crippen MR) is 107 cm³/mol. The Labute approximate surface area is 169 Å². The minimum Gasteiger partial charge on any atom is -0.299 e. The van der Waals surface area contributed by atoms with E-state index < -0.39 is 12.1 Å². The summed E-state index contributed by atoms with van der Waals surface area (Å²) in [5, 5.41) is 22.5. The zero-order valence-electron chi connectivity index (χ0n) is 14.9. The molecule has 0 spiro atoms. The number of carbonyl (C=O) groups excluding carboxylic acids is 1. The first kappa shape index (κ1) is 19.2. The monoisotopic (exact) mass is 420 g/mol. The topological polar surface area (TPSA) is 122 Å². The van der Waals surface area contributed by atoms with E-state index in [0.717, 1.165) is 10.1 Å². The molecule has 2 aromatic rings. The molecule has 2 aliphatic rings. The van der Waals surface area contributed by atoms with Crippen molar-refractivity contribution in [3.63, 3.8) is 0 Å². The van der Waals surface area contributed by atoms with Crippen LogP contribution < -0.4 is 16.2 Å². The smallest absolute Gasteiger partial charge is 0.245 e. The van der Waals surface area contributed by atoms with Crippen LogP contribution in [0, 0.1) is 16.0 Å². The number of nitro groups is 1. The van der Waals surface area contributed by atoms with Crippen molar-refractivity contribution in [1.29, 1.82) is 0 Å². The number of nitrogens with zero attached hydrogens (tertiary/aromatic N) is 3. The Morgan fingerprint density at radius 3 is 2.89 bits per heavy atom. The molecule has 0 radical (unpaired) electrons. The number of nitrogens with one attached hydrogen (secondary N) is 3. The molecule has 1 saturated carbocycles. The van der Waals surface area contributed by atoms with Crippen LogP contribution in [-0.4, -0.2) is 39.2 Å². The number of fused-ring (bicyclic) bond motifs is 1. The average molecular weight is 421 g/mol. The van der Waals surface area contributed by atoms with Gasteiger partial charge in [-0.15, -0.1) is 10.2 Å². The Hall–Kier alpha value is -2.08. The number of thioether (sulfide) groups is 1. The van der Waals surface area contributed by atoms with Gasteiger partial charge in [-0.05, 0) is 12.0 Å². The fourth-order valence-electron chi connectivity index (χ4n) is 3.71. The van der Waals surface area contributed by atoms with Crippen LogP contribution in [0.4, 0.5) is 5.13 Å². The second-order valence-corrected chi connectivity index (χ2v) is 9.13. The zero-order valence-corrected chi connectivity index (χ0v) is 16.5. The normalized spacial score (nSPS) is 26.6. The Balaban J connectivity index is 1.33. The van der Waals surface area contributed by atoms with Crippen LogP contribution in [0.2, 0.25) is 0 Å².